The highest BCUT2D eigenvalue weighted by Crippen LogP contribution is 2.55. The molecular formula is C35H40Cl2N2O5. The lowest BCUT2D eigenvalue weighted by Gasteiger charge is -2.49. The van der Waals surface area contributed by atoms with Gasteiger partial charge in [0.2, 0.25) is 0 Å². The minimum atomic E-state index is -0.565. The third-order valence-electron chi connectivity index (χ3n) is 8.50. The molecule has 0 atom stereocenters. The molecule has 1 heterocycles. The van der Waals surface area contributed by atoms with E-state index in [0.717, 1.165) is 24.2 Å². The fraction of sp³-hybridized carbons (Fsp3) is 0.457. The van der Waals surface area contributed by atoms with Gasteiger partial charge >= 0.3 is 0 Å². The molecule has 0 saturated carbocycles. The molecule has 2 aromatic rings. The van der Waals surface area contributed by atoms with Gasteiger partial charge in [0.15, 0.2) is 29.7 Å². The number of allylic oxidation sites excluding steroid dienone is 4. The maximum absolute atomic E-state index is 14.0. The summed E-state index contributed by atoms with van der Waals surface area (Å²) in [6.07, 6.45) is 2.27. The summed E-state index contributed by atoms with van der Waals surface area (Å²) in [7, 11) is 0. The maximum Gasteiger partial charge on any atom is 0.262 e. The quantitative estimate of drug-likeness (QED) is 0.314. The van der Waals surface area contributed by atoms with E-state index in [2.05, 4.69) is 44.8 Å². The Kier molecular flexibility index (Phi) is 8.94. The van der Waals surface area contributed by atoms with Crippen LogP contribution in [0.4, 0.5) is 5.69 Å². The van der Waals surface area contributed by atoms with Crippen molar-refractivity contribution in [1.29, 1.82) is 0 Å². The summed E-state index contributed by atoms with van der Waals surface area (Å²) in [4.78, 5) is 42.8. The van der Waals surface area contributed by atoms with Gasteiger partial charge in [0.1, 0.15) is 0 Å². The number of hydrogen-bond acceptors (Lipinski definition) is 6. The SMILES string of the molecule is CCOc1cc(C2C3=C(CC(C)(C)CC3=O)N(CC)C3=C2C(=O)CC(C)(C)C3)cc(Cl)c1OCC(=O)Nc1ccccc1Cl. The number of para-hydroxylation sites is 1. The minimum absolute atomic E-state index is 0.0505. The van der Waals surface area contributed by atoms with Crippen molar-refractivity contribution in [2.45, 2.75) is 73.1 Å². The number of Topliss-reactive ketones (excluding diaryl/α,β-unsaturated/α-hetero) is 2. The first-order valence-corrected chi connectivity index (χ1v) is 15.9. The zero-order valence-electron chi connectivity index (χ0n) is 26.2. The highest BCUT2D eigenvalue weighted by Gasteiger charge is 2.48. The molecular weight excluding hydrogens is 599 g/mol. The van der Waals surface area contributed by atoms with Gasteiger partial charge in [-0.05, 0) is 67.3 Å². The van der Waals surface area contributed by atoms with E-state index in [-0.39, 0.29) is 39.8 Å². The van der Waals surface area contributed by atoms with E-state index < -0.39 is 11.8 Å². The summed E-state index contributed by atoms with van der Waals surface area (Å²) < 4.78 is 11.9. The molecule has 0 fully saturated rings. The van der Waals surface area contributed by atoms with Gasteiger partial charge in [0.25, 0.3) is 5.91 Å². The van der Waals surface area contributed by atoms with Crippen LogP contribution in [0.3, 0.4) is 0 Å². The smallest absolute Gasteiger partial charge is 0.262 e. The third-order valence-corrected chi connectivity index (χ3v) is 9.11. The van der Waals surface area contributed by atoms with Crippen LogP contribution in [-0.2, 0) is 14.4 Å². The Morgan fingerprint density at radius 1 is 0.886 bits per heavy atom. The van der Waals surface area contributed by atoms with Crippen molar-refractivity contribution >= 4 is 46.4 Å². The molecule has 0 unspecified atom stereocenters. The molecule has 9 heteroatoms. The molecule has 2 aliphatic carbocycles. The van der Waals surface area contributed by atoms with Gasteiger partial charge in [-0.3, -0.25) is 14.4 Å². The number of carbonyl (C=O) groups excluding carboxylic acids is 3. The number of amides is 1. The molecule has 0 bridgehead atoms. The van der Waals surface area contributed by atoms with Gasteiger partial charge in [0.05, 0.1) is 22.3 Å². The Morgan fingerprint density at radius 2 is 1.48 bits per heavy atom. The molecule has 1 aliphatic heterocycles. The molecule has 3 aliphatic rings. The number of benzene rings is 2. The summed E-state index contributed by atoms with van der Waals surface area (Å²) in [6.45, 7) is 13.1. The highest BCUT2D eigenvalue weighted by atomic mass is 35.5. The van der Waals surface area contributed by atoms with E-state index in [1.54, 1.807) is 36.4 Å². The van der Waals surface area contributed by atoms with Crippen molar-refractivity contribution in [3.05, 3.63) is 74.5 Å². The highest BCUT2D eigenvalue weighted by molar-refractivity contribution is 6.33. The van der Waals surface area contributed by atoms with Crippen molar-refractivity contribution < 1.29 is 23.9 Å². The monoisotopic (exact) mass is 638 g/mol. The van der Waals surface area contributed by atoms with Crippen LogP contribution in [0.1, 0.15) is 78.7 Å². The molecule has 0 aromatic heterocycles. The molecule has 1 amide bonds. The Balaban J connectivity index is 1.57. The summed E-state index contributed by atoms with van der Waals surface area (Å²) in [5, 5.41) is 3.38. The summed E-state index contributed by atoms with van der Waals surface area (Å²) in [5.74, 6) is -0.320. The first kappa shape index (κ1) is 32.1. The normalized spacial score (nSPS) is 19.5. The number of ether oxygens (including phenoxy) is 2. The molecule has 1 N–H and O–H groups in total. The molecule has 5 rings (SSSR count). The zero-order chi connectivity index (χ0) is 32.0. The average Bonchev–Trinajstić information content (AvgIpc) is 2.91. The number of ketones is 2. The van der Waals surface area contributed by atoms with E-state index in [1.165, 1.54) is 0 Å². The van der Waals surface area contributed by atoms with Gasteiger partial charge in [-0.15, -0.1) is 0 Å². The van der Waals surface area contributed by atoms with E-state index in [0.29, 0.717) is 59.2 Å². The van der Waals surface area contributed by atoms with Gasteiger partial charge in [-0.2, -0.15) is 0 Å². The predicted octanol–water partition coefficient (Wildman–Crippen LogP) is 8.12. The van der Waals surface area contributed by atoms with E-state index in [4.69, 9.17) is 32.7 Å². The van der Waals surface area contributed by atoms with Crippen LogP contribution in [0.5, 0.6) is 11.5 Å². The van der Waals surface area contributed by atoms with Crippen LogP contribution in [0.15, 0.2) is 58.9 Å². The molecule has 0 radical (unpaired) electrons. The predicted molar refractivity (Wildman–Crippen MR) is 173 cm³/mol. The second kappa shape index (κ2) is 12.2. The second-order valence-electron chi connectivity index (χ2n) is 13.4. The van der Waals surface area contributed by atoms with Crippen LogP contribution in [0, 0.1) is 10.8 Å². The number of nitrogens with zero attached hydrogens (tertiary/aromatic N) is 1. The number of nitrogens with one attached hydrogen (secondary N) is 1. The Morgan fingerprint density at radius 3 is 2.02 bits per heavy atom. The lowest BCUT2D eigenvalue weighted by Crippen LogP contribution is -2.44. The van der Waals surface area contributed by atoms with Crippen molar-refractivity contribution in [3.8, 4) is 11.5 Å². The average molecular weight is 640 g/mol. The van der Waals surface area contributed by atoms with E-state index in [9.17, 15) is 14.4 Å². The van der Waals surface area contributed by atoms with Crippen molar-refractivity contribution in [1.82, 2.24) is 4.90 Å². The van der Waals surface area contributed by atoms with Gasteiger partial charge in [-0.1, -0.05) is 63.0 Å². The fourth-order valence-electron chi connectivity index (χ4n) is 6.81. The molecule has 0 saturated heterocycles. The van der Waals surface area contributed by atoms with Crippen LogP contribution in [-0.4, -0.2) is 42.1 Å². The molecule has 234 valence electrons. The van der Waals surface area contributed by atoms with Gasteiger partial charge in [0, 0.05) is 47.8 Å². The van der Waals surface area contributed by atoms with Crippen LogP contribution < -0.4 is 14.8 Å². The van der Waals surface area contributed by atoms with Crippen LogP contribution in [0.25, 0.3) is 0 Å². The number of rotatable bonds is 8. The third kappa shape index (κ3) is 6.27. The summed E-state index contributed by atoms with van der Waals surface area (Å²) >= 11 is 13.0. The summed E-state index contributed by atoms with van der Waals surface area (Å²) in [6, 6.07) is 10.5. The van der Waals surface area contributed by atoms with E-state index in [1.807, 2.05) is 6.92 Å². The maximum atomic E-state index is 14.0. The Bertz CT molecular complexity index is 1540. The Labute approximate surface area is 269 Å². The number of anilines is 1. The van der Waals surface area contributed by atoms with Crippen LogP contribution in [0.2, 0.25) is 10.0 Å². The molecule has 0 spiro atoms. The lowest BCUT2D eigenvalue weighted by molar-refractivity contribution is -0.120. The number of hydrogen-bond donors (Lipinski definition) is 1. The molecule has 7 nitrogen and oxygen atoms in total. The first-order chi connectivity index (χ1) is 20.7. The standard InChI is InChI=1S/C35H40Cl2N2O5/c1-7-39-24-15-34(3,4)17-26(40)31(24)30(32-25(39)16-35(5,6)18-27(32)41)20-13-22(37)33(28(14-20)43-8-2)44-19-29(42)38-23-12-10-9-11-21(23)36/h9-14,30H,7-8,15-19H2,1-6H3,(H,38,42). The molecule has 2 aromatic carbocycles. The Hall–Kier alpha value is -3.29. The van der Waals surface area contributed by atoms with Crippen molar-refractivity contribution in [2.24, 2.45) is 10.8 Å². The topological polar surface area (TPSA) is 84.9 Å². The number of halogens is 2. The van der Waals surface area contributed by atoms with Gasteiger partial charge < -0.3 is 19.7 Å². The number of carbonyl (C=O) groups is 3. The van der Waals surface area contributed by atoms with Gasteiger partial charge in [-0.25, -0.2) is 0 Å². The molecule has 44 heavy (non-hydrogen) atoms. The minimum Gasteiger partial charge on any atom is -0.490 e. The zero-order valence-corrected chi connectivity index (χ0v) is 27.7. The largest absolute Gasteiger partial charge is 0.490 e. The van der Waals surface area contributed by atoms with E-state index >= 15 is 0 Å². The summed E-state index contributed by atoms with van der Waals surface area (Å²) in [5.41, 5.74) is 4.10. The lowest BCUT2D eigenvalue weighted by atomic mass is 9.63. The first-order valence-electron chi connectivity index (χ1n) is 15.2. The van der Waals surface area contributed by atoms with Crippen molar-refractivity contribution in [2.75, 3.05) is 25.1 Å². The fourth-order valence-corrected chi connectivity index (χ4v) is 7.26. The van der Waals surface area contributed by atoms with Crippen molar-refractivity contribution in [3.63, 3.8) is 0 Å². The van der Waals surface area contributed by atoms with Crippen LogP contribution >= 0.6 is 23.2 Å². The second-order valence-corrected chi connectivity index (χ2v) is 14.2.